The summed E-state index contributed by atoms with van der Waals surface area (Å²) in [4.78, 5) is 11.5. The van der Waals surface area contributed by atoms with Crippen LogP contribution in [0.15, 0.2) is 0 Å². The van der Waals surface area contributed by atoms with Crippen LogP contribution in [0.5, 0.6) is 0 Å². The van der Waals surface area contributed by atoms with E-state index in [0.717, 1.165) is 24.2 Å². The minimum atomic E-state index is 0.386. The zero-order valence-corrected chi connectivity index (χ0v) is 14.3. The average Bonchev–Trinajstić information content (AvgIpc) is 2.38. The maximum absolute atomic E-state index is 11.5. The Labute approximate surface area is 126 Å². The lowest BCUT2D eigenvalue weighted by molar-refractivity contribution is -0.122. The molecule has 118 valence electrons. The third kappa shape index (κ3) is 7.45. The van der Waals surface area contributed by atoms with Gasteiger partial charge in [0.25, 0.3) is 0 Å². The maximum atomic E-state index is 11.5. The molecule has 20 heavy (non-hydrogen) atoms. The third-order valence-electron chi connectivity index (χ3n) is 5.15. The van der Waals surface area contributed by atoms with Gasteiger partial charge in [0.15, 0.2) is 0 Å². The van der Waals surface area contributed by atoms with Crippen LogP contribution in [0.1, 0.15) is 91.9 Å². The molecule has 1 nitrogen and oxygen atoms in total. The largest absolute Gasteiger partial charge is 0.300 e. The topological polar surface area (TPSA) is 17.1 Å². The second-order valence-corrected chi connectivity index (χ2v) is 7.70. The quantitative estimate of drug-likeness (QED) is 0.505. The smallest absolute Gasteiger partial charge is 0.132 e. The van der Waals surface area contributed by atoms with Gasteiger partial charge in [0.05, 0.1) is 0 Å². The van der Waals surface area contributed by atoms with Crippen molar-refractivity contribution in [2.75, 3.05) is 0 Å². The maximum Gasteiger partial charge on any atom is 0.132 e. The Hall–Kier alpha value is -0.330. The van der Waals surface area contributed by atoms with Gasteiger partial charge in [-0.25, -0.2) is 0 Å². The SMILES string of the molecule is CC(=O)C1CCCC(CCCC(C)CCCC(C)C)C1. The molecule has 3 atom stereocenters. The van der Waals surface area contributed by atoms with Gasteiger partial charge in [0, 0.05) is 5.92 Å². The predicted molar refractivity (Wildman–Crippen MR) is 87.8 cm³/mol. The van der Waals surface area contributed by atoms with Crippen molar-refractivity contribution in [2.24, 2.45) is 23.7 Å². The first kappa shape index (κ1) is 17.7. The fourth-order valence-electron chi connectivity index (χ4n) is 3.70. The van der Waals surface area contributed by atoms with E-state index in [2.05, 4.69) is 20.8 Å². The van der Waals surface area contributed by atoms with Crippen LogP contribution in [-0.2, 0) is 4.79 Å². The van der Waals surface area contributed by atoms with Gasteiger partial charge in [-0.2, -0.15) is 0 Å². The molecule has 0 N–H and O–H groups in total. The van der Waals surface area contributed by atoms with E-state index in [9.17, 15) is 4.79 Å². The van der Waals surface area contributed by atoms with Gasteiger partial charge >= 0.3 is 0 Å². The molecule has 0 aliphatic heterocycles. The highest BCUT2D eigenvalue weighted by molar-refractivity contribution is 5.78. The van der Waals surface area contributed by atoms with Crippen molar-refractivity contribution in [3.8, 4) is 0 Å². The van der Waals surface area contributed by atoms with Crippen molar-refractivity contribution < 1.29 is 4.79 Å². The lowest BCUT2D eigenvalue weighted by atomic mass is 9.77. The first-order valence-electron chi connectivity index (χ1n) is 8.99. The number of rotatable bonds is 9. The molecule has 1 rings (SSSR count). The van der Waals surface area contributed by atoms with Crippen LogP contribution >= 0.6 is 0 Å². The third-order valence-corrected chi connectivity index (χ3v) is 5.15. The van der Waals surface area contributed by atoms with Gasteiger partial charge in [-0.3, -0.25) is 4.79 Å². The normalized spacial score (nSPS) is 24.9. The summed E-state index contributed by atoms with van der Waals surface area (Å²) in [6.07, 6.45) is 13.3. The summed E-state index contributed by atoms with van der Waals surface area (Å²) in [6.45, 7) is 8.84. The van der Waals surface area contributed by atoms with E-state index in [-0.39, 0.29) is 0 Å². The van der Waals surface area contributed by atoms with E-state index in [4.69, 9.17) is 0 Å². The monoisotopic (exact) mass is 280 g/mol. The van der Waals surface area contributed by atoms with Gasteiger partial charge in [0.2, 0.25) is 0 Å². The molecule has 0 aromatic rings. The Morgan fingerprint density at radius 1 is 1.05 bits per heavy atom. The van der Waals surface area contributed by atoms with E-state index >= 15 is 0 Å². The summed E-state index contributed by atoms with van der Waals surface area (Å²) >= 11 is 0. The molecule has 0 spiro atoms. The molecule has 1 aliphatic rings. The number of hydrogen-bond acceptors (Lipinski definition) is 1. The van der Waals surface area contributed by atoms with Crippen LogP contribution in [-0.4, -0.2) is 5.78 Å². The van der Waals surface area contributed by atoms with Crippen LogP contribution in [0, 0.1) is 23.7 Å². The molecule has 0 aromatic heterocycles. The number of carbonyl (C=O) groups is 1. The van der Waals surface area contributed by atoms with Gasteiger partial charge in [0.1, 0.15) is 5.78 Å². The molecule has 3 unspecified atom stereocenters. The zero-order valence-electron chi connectivity index (χ0n) is 14.3. The Bertz CT molecular complexity index is 269. The minimum Gasteiger partial charge on any atom is -0.300 e. The fourth-order valence-corrected chi connectivity index (χ4v) is 3.70. The predicted octanol–water partition coefficient (Wildman–Crippen LogP) is 6.01. The number of carbonyl (C=O) groups excluding carboxylic acids is 1. The van der Waals surface area contributed by atoms with Gasteiger partial charge in [-0.05, 0) is 37.5 Å². The Balaban J connectivity index is 2.09. The number of Topliss-reactive ketones (excluding diaryl/α,β-unsaturated/α-hetero) is 1. The van der Waals surface area contributed by atoms with Gasteiger partial charge in [-0.1, -0.05) is 72.1 Å². The summed E-state index contributed by atoms with van der Waals surface area (Å²) in [5.41, 5.74) is 0. The molecular weight excluding hydrogens is 244 g/mol. The van der Waals surface area contributed by atoms with Crippen LogP contribution in [0.25, 0.3) is 0 Å². The summed E-state index contributed by atoms with van der Waals surface area (Å²) in [5.74, 6) is 3.39. The van der Waals surface area contributed by atoms with E-state index in [1.165, 1.54) is 57.8 Å². The van der Waals surface area contributed by atoms with Crippen LogP contribution < -0.4 is 0 Å². The van der Waals surface area contributed by atoms with Crippen molar-refractivity contribution in [1.82, 2.24) is 0 Å². The summed E-state index contributed by atoms with van der Waals surface area (Å²) in [5, 5.41) is 0. The first-order valence-corrected chi connectivity index (χ1v) is 8.99. The zero-order chi connectivity index (χ0) is 15.0. The molecule has 0 aromatic carbocycles. The molecule has 1 saturated carbocycles. The minimum absolute atomic E-state index is 0.386. The van der Waals surface area contributed by atoms with E-state index in [1.807, 2.05) is 0 Å². The molecule has 0 heterocycles. The van der Waals surface area contributed by atoms with Crippen molar-refractivity contribution in [3.63, 3.8) is 0 Å². The van der Waals surface area contributed by atoms with Crippen LogP contribution in [0.2, 0.25) is 0 Å². The lowest BCUT2D eigenvalue weighted by Gasteiger charge is -2.27. The number of ketones is 1. The van der Waals surface area contributed by atoms with Gasteiger partial charge in [-0.15, -0.1) is 0 Å². The highest BCUT2D eigenvalue weighted by Gasteiger charge is 2.24. The van der Waals surface area contributed by atoms with Crippen molar-refractivity contribution in [2.45, 2.75) is 91.9 Å². The molecule has 0 bridgehead atoms. The molecule has 1 heteroatoms. The Morgan fingerprint density at radius 2 is 1.75 bits per heavy atom. The van der Waals surface area contributed by atoms with Crippen molar-refractivity contribution >= 4 is 5.78 Å². The number of hydrogen-bond donors (Lipinski definition) is 0. The standard InChI is InChI=1S/C19H36O/c1-15(2)8-5-9-16(3)10-6-11-18-12-7-13-19(14-18)17(4)20/h15-16,18-19H,5-14H2,1-4H3. The van der Waals surface area contributed by atoms with Crippen molar-refractivity contribution in [3.05, 3.63) is 0 Å². The molecule has 0 radical (unpaired) electrons. The molecular formula is C19H36O. The van der Waals surface area contributed by atoms with E-state index in [0.29, 0.717) is 11.7 Å². The average molecular weight is 280 g/mol. The summed E-state index contributed by atoms with van der Waals surface area (Å²) in [6, 6.07) is 0. The second kappa shape index (κ2) is 9.58. The Morgan fingerprint density at radius 3 is 2.40 bits per heavy atom. The van der Waals surface area contributed by atoms with Crippen LogP contribution in [0.4, 0.5) is 0 Å². The molecule has 0 amide bonds. The van der Waals surface area contributed by atoms with Gasteiger partial charge < -0.3 is 0 Å². The van der Waals surface area contributed by atoms with Crippen LogP contribution in [0.3, 0.4) is 0 Å². The highest BCUT2D eigenvalue weighted by Crippen LogP contribution is 2.33. The lowest BCUT2D eigenvalue weighted by Crippen LogP contribution is -2.21. The Kier molecular flexibility index (Phi) is 8.49. The van der Waals surface area contributed by atoms with E-state index in [1.54, 1.807) is 6.92 Å². The summed E-state index contributed by atoms with van der Waals surface area (Å²) < 4.78 is 0. The fraction of sp³-hybridized carbons (Fsp3) is 0.947. The highest BCUT2D eigenvalue weighted by atomic mass is 16.1. The first-order chi connectivity index (χ1) is 9.49. The second-order valence-electron chi connectivity index (χ2n) is 7.70. The van der Waals surface area contributed by atoms with Crippen molar-refractivity contribution in [1.29, 1.82) is 0 Å². The summed E-state index contributed by atoms with van der Waals surface area (Å²) in [7, 11) is 0. The van der Waals surface area contributed by atoms with E-state index < -0.39 is 0 Å². The molecule has 1 aliphatic carbocycles. The molecule has 0 saturated heterocycles. The molecule has 1 fully saturated rings.